The van der Waals surface area contributed by atoms with Crippen LogP contribution in [0.4, 0.5) is 4.79 Å². The molecule has 9 heteroatoms. The largest absolute Gasteiger partial charge is 0.506 e. The van der Waals surface area contributed by atoms with Crippen molar-refractivity contribution in [3.05, 3.63) is 29.7 Å². The zero-order valence-electron chi connectivity index (χ0n) is 14.4. The number of carbonyl (C=O) groups excluding carboxylic acids is 3. The summed E-state index contributed by atoms with van der Waals surface area (Å²) in [7, 11) is 0. The molecule has 3 rings (SSSR count). The predicted octanol–water partition coefficient (Wildman–Crippen LogP) is 4.04. The first kappa shape index (κ1) is 20.9. The summed E-state index contributed by atoms with van der Waals surface area (Å²) in [4.78, 5) is 40.4. The van der Waals surface area contributed by atoms with E-state index >= 15 is 0 Å². The number of hydrogen-bond acceptors (Lipinski definition) is 5. The monoisotopic (exact) mass is 612 g/mol. The SMILES string of the molecule is O=C(CN1C(=O)SC(=Cc2cc(I)cc(I)c2O)C1=O)N1CCCCCC1. The van der Waals surface area contributed by atoms with Gasteiger partial charge in [0.05, 0.1) is 8.48 Å². The molecule has 1 N–H and O–H groups in total. The van der Waals surface area contributed by atoms with E-state index in [1.54, 1.807) is 11.0 Å². The third-order valence-corrected chi connectivity index (χ3v) is 6.82. The molecule has 2 fully saturated rings. The van der Waals surface area contributed by atoms with Crippen molar-refractivity contribution >= 4 is 80.1 Å². The molecule has 27 heavy (non-hydrogen) atoms. The van der Waals surface area contributed by atoms with Gasteiger partial charge in [0.2, 0.25) is 5.91 Å². The Hall–Kier alpha value is -0.820. The molecule has 0 spiro atoms. The Morgan fingerprint density at radius 2 is 1.81 bits per heavy atom. The van der Waals surface area contributed by atoms with E-state index in [0.717, 1.165) is 45.9 Å². The first-order valence-corrected chi connectivity index (χ1v) is 11.6. The van der Waals surface area contributed by atoms with Crippen LogP contribution in [-0.2, 0) is 9.59 Å². The van der Waals surface area contributed by atoms with Crippen molar-refractivity contribution in [3.8, 4) is 5.75 Å². The first-order chi connectivity index (χ1) is 12.9. The summed E-state index contributed by atoms with van der Waals surface area (Å²) in [6, 6.07) is 3.56. The average Bonchev–Trinajstić information content (AvgIpc) is 2.83. The van der Waals surface area contributed by atoms with E-state index in [1.165, 1.54) is 6.08 Å². The minimum Gasteiger partial charge on any atom is -0.506 e. The highest BCUT2D eigenvalue weighted by molar-refractivity contribution is 14.1. The normalized spacial score (nSPS) is 19.7. The lowest BCUT2D eigenvalue weighted by Gasteiger charge is -2.22. The van der Waals surface area contributed by atoms with Crippen LogP contribution >= 0.6 is 56.9 Å². The average molecular weight is 612 g/mol. The molecule has 6 nitrogen and oxygen atoms in total. The number of halogens is 2. The Morgan fingerprint density at radius 1 is 1.15 bits per heavy atom. The third kappa shape index (κ3) is 4.97. The number of rotatable bonds is 3. The molecule has 0 bridgehead atoms. The summed E-state index contributed by atoms with van der Waals surface area (Å²) in [5.74, 6) is -0.600. The van der Waals surface area contributed by atoms with Crippen molar-refractivity contribution in [1.82, 2.24) is 9.80 Å². The summed E-state index contributed by atoms with van der Waals surface area (Å²) in [5.41, 5.74) is 0.482. The van der Waals surface area contributed by atoms with Crippen LogP contribution in [0.5, 0.6) is 5.75 Å². The van der Waals surface area contributed by atoms with E-state index in [2.05, 4.69) is 22.6 Å². The number of likely N-dealkylation sites (tertiary alicyclic amines) is 1. The third-order valence-electron chi connectivity index (χ3n) is 4.47. The lowest BCUT2D eigenvalue weighted by molar-refractivity contribution is -0.135. The van der Waals surface area contributed by atoms with Crippen LogP contribution in [0.15, 0.2) is 17.0 Å². The fourth-order valence-electron chi connectivity index (χ4n) is 3.03. The van der Waals surface area contributed by atoms with Crippen molar-refractivity contribution < 1.29 is 19.5 Å². The minimum absolute atomic E-state index is 0.0726. The number of phenols is 1. The zero-order valence-corrected chi connectivity index (χ0v) is 19.5. The number of imide groups is 1. The predicted molar refractivity (Wildman–Crippen MR) is 121 cm³/mol. The van der Waals surface area contributed by atoms with Gasteiger partial charge in [0.15, 0.2) is 0 Å². The number of hydrogen-bond donors (Lipinski definition) is 1. The Balaban J connectivity index is 1.76. The number of nitrogens with zero attached hydrogens (tertiary/aromatic N) is 2. The molecule has 1 aromatic carbocycles. The van der Waals surface area contributed by atoms with Gasteiger partial charge in [0.1, 0.15) is 12.3 Å². The van der Waals surface area contributed by atoms with Crippen LogP contribution in [0.3, 0.4) is 0 Å². The maximum absolute atomic E-state index is 12.6. The fourth-order valence-corrected chi connectivity index (χ4v) is 5.75. The quantitative estimate of drug-likeness (QED) is 0.412. The van der Waals surface area contributed by atoms with E-state index in [-0.39, 0.29) is 23.1 Å². The second-order valence-electron chi connectivity index (χ2n) is 6.39. The number of benzene rings is 1. The molecule has 2 aliphatic heterocycles. The van der Waals surface area contributed by atoms with Crippen molar-refractivity contribution in [2.75, 3.05) is 19.6 Å². The topological polar surface area (TPSA) is 77.9 Å². The molecule has 0 radical (unpaired) electrons. The maximum atomic E-state index is 12.6. The van der Waals surface area contributed by atoms with Crippen LogP contribution in [-0.4, -0.2) is 51.6 Å². The molecule has 144 valence electrons. The Labute approximate surface area is 189 Å². The molecule has 3 amide bonds. The number of carbonyl (C=O) groups is 3. The van der Waals surface area contributed by atoms with Crippen LogP contribution in [0.2, 0.25) is 0 Å². The van der Waals surface area contributed by atoms with Gasteiger partial charge in [0.25, 0.3) is 11.1 Å². The van der Waals surface area contributed by atoms with E-state index < -0.39 is 11.1 Å². The van der Waals surface area contributed by atoms with Crippen LogP contribution in [0.1, 0.15) is 31.2 Å². The molecule has 0 atom stereocenters. The van der Waals surface area contributed by atoms with Crippen molar-refractivity contribution in [3.63, 3.8) is 0 Å². The smallest absolute Gasteiger partial charge is 0.294 e. The van der Waals surface area contributed by atoms with E-state index in [1.807, 2.05) is 28.7 Å². The van der Waals surface area contributed by atoms with Gasteiger partial charge in [-0.3, -0.25) is 19.3 Å². The van der Waals surface area contributed by atoms with Gasteiger partial charge in [0, 0.05) is 22.2 Å². The zero-order chi connectivity index (χ0) is 19.6. The Bertz CT molecular complexity index is 820. The molecule has 0 saturated carbocycles. The second kappa shape index (κ2) is 9.12. The van der Waals surface area contributed by atoms with Crippen molar-refractivity contribution in [2.45, 2.75) is 25.7 Å². The van der Waals surface area contributed by atoms with Gasteiger partial charge in [-0.15, -0.1) is 0 Å². The van der Waals surface area contributed by atoms with Crippen molar-refractivity contribution in [1.29, 1.82) is 0 Å². The highest BCUT2D eigenvalue weighted by Gasteiger charge is 2.37. The minimum atomic E-state index is -0.485. The summed E-state index contributed by atoms with van der Waals surface area (Å²) in [6.07, 6.45) is 5.63. The molecule has 0 aliphatic carbocycles. The van der Waals surface area contributed by atoms with Crippen molar-refractivity contribution in [2.24, 2.45) is 0 Å². The molecule has 0 aromatic heterocycles. The molecular weight excluding hydrogens is 594 g/mol. The van der Waals surface area contributed by atoms with Crippen LogP contribution in [0, 0.1) is 7.14 Å². The standard InChI is InChI=1S/C18H18I2N2O4S/c19-12-7-11(16(24)13(20)9-12)8-14-17(25)22(18(26)27-14)10-15(23)21-5-3-1-2-4-6-21/h7-9,24H,1-6,10H2. The van der Waals surface area contributed by atoms with E-state index in [0.29, 0.717) is 22.2 Å². The molecule has 0 unspecified atom stereocenters. The molecular formula is C18H18I2N2O4S. The number of phenolic OH excluding ortho intramolecular Hbond substituents is 1. The fraction of sp³-hybridized carbons (Fsp3) is 0.389. The maximum Gasteiger partial charge on any atom is 0.294 e. The Morgan fingerprint density at radius 3 is 2.48 bits per heavy atom. The summed E-state index contributed by atoms with van der Waals surface area (Å²) in [6.45, 7) is 1.14. The number of amides is 3. The summed E-state index contributed by atoms with van der Waals surface area (Å²) >= 11 is 4.94. The second-order valence-corrected chi connectivity index (χ2v) is 9.79. The molecule has 2 aliphatic rings. The van der Waals surface area contributed by atoms with Gasteiger partial charge in [-0.05, 0) is 88.0 Å². The van der Waals surface area contributed by atoms with Gasteiger partial charge in [-0.1, -0.05) is 12.8 Å². The van der Waals surface area contributed by atoms with E-state index in [9.17, 15) is 19.5 Å². The number of aromatic hydroxyl groups is 1. The highest BCUT2D eigenvalue weighted by Crippen LogP contribution is 2.35. The van der Waals surface area contributed by atoms with Crippen LogP contribution in [0.25, 0.3) is 6.08 Å². The lowest BCUT2D eigenvalue weighted by Crippen LogP contribution is -2.42. The highest BCUT2D eigenvalue weighted by atomic mass is 127. The molecule has 2 saturated heterocycles. The molecule has 1 aromatic rings. The van der Waals surface area contributed by atoms with Gasteiger partial charge in [-0.25, -0.2) is 0 Å². The first-order valence-electron chi connectivity index (χ1n) is 8.58. The summed E-state index contributed by atoms with van der Waals surface area (Å²) in [5, 5.41) is 9.76. The summed E-state index contributed by atoms with van der Waals surface area (Å²) < 4.78 is 1.58. The Kier molecular flexibility index (Phi) is 7.06. The number of thioether (sulfide) groups is 1. The molecule has 2 heterocycles. The van der Waals surface area contributed by atoms with Crippen LogP contribution < -0.4 is 0 Å². The van der Waals surface area contributed by atoms with Gasteiger partial charge >= 0.3 is 0 Å². The van der Waals surface area contributed by atoms with E-state index in [4.69, 9.17) is 0 Å². The van der Waals surface area contributed by atoms with Gasteiger partial charge < -0.3 is 10.0 Å². The van der Waals surface area contributed by atoms with Gasteiger partial charge in [-0.2, -0.15) is 0 Å². The lowest BCUT2D eigenvalue weighted by atomic mass is 10.2.